The van der Waals surface area contributed by atoms with Crippen LogP contribution in [0.25, 0.3) is 0 Å². The van der Waals surface area contributed by atoms with E-state index in [-0.39, 0.29) is 0 Å². The highest BCUT2D eigenvalue weighted by atomic mass is 32.1. The van der Waals surface area contributed by atoms with Crippen LogP contribution in [0.15, 0.2) is 58.9 Å². The monoisotopic (exact) mass is 423 g/mol. The number of likely N-dealkylation sites (tertiary alicyclic amines) is 1. The highest BCUT2D eigenvalue weighted by molar-refractivity contribution is 7.10. The molecule has 0 amide bonds. The first-order valence-corrected chi connectivity index (χ1v) is 11.8. The Hall–Kier alpha value is -2.31. The van der Waals surface area contributed by atoms with Gasteiger partial charge < -0.3 is 15.5 Å². The second-order valence-corrected chi connectivity index (χ2v) is 9.17. The van der Waals surface area contributed by atoms with E-state index in [0.717, 1.165) is 32.1 Å². The third kappa shape index (κ3) is 5.05. The summed E-state index contributed by atoms with van der Waals surface area (Å²) in [7, 11) is 4.11. The second kappa shape index (κ2) is 10.1. The SMILES string of the molecule is CN=C(NCc1ccc(N2CC=CC2)cc1)NCC1CCCN(C)C1c1cccs1. The molecule has 2 aromatic rings. The third-order valence-corrected chi connectivity index (χ3v) is 7.12. The lowest BCUT2D eigenvalue weighted by Crippen LogP contribution is -2.44. The van der Waals surface area contributed by atoms with Gasteiger partial charge >= 0.3 is 0 Å². The van der Waals surface area contributed by atoms with Crippen LogP contribution in [0.5, 0.6) is 0 Å². The molecule has 6 heteroatoms. The van der Waals surface area contributed by atoms with Gasteiger partial charge in [0.25, 0.3) is 0 Å². The minimum atomic E-state index is 0.497. The van der Waals surface area contributed by atoms with Crippen LogP contribution in [0, 0.1) is 5.92 Å². The topological polar surface area (TPSA) is 42.9 Å². The zero-order valence-electron chi connectivity index (χ0n) is 18.1. The molecule has 2 unspecified atom stereocenters. The van der Waals surface area contributed by atoms with Gasteiger partial charge in [-0.25, -0.2) is 0 Å². The first-order chi connectivity index (χ1) is 14.7. The lowest BCUT2D eigenvalue weighted by Gasteiger charge is -2.39. The van der Waals surface area contributed by atoms with Crippen molar-refractivity contribution >= 4 is 23.0 Å². The van der Waals surface area contributed by atoms with E-state index in [4.69, 9.17) is 0 Å². The summed E-state index contributed by atoms with van der Waals surface area (Å²) in [5.41, 5.74) is 2.55. The molecule has 0 aliphatic carbocycles. The van der Waals surface area contributed by atoms with Gasteiger partial charge in [0.2, 0.25) is 0 Å². The maximum absolute atomic E-state index is 4.44. The second-order valence-electron chi connectivity index (χ2n) is 8.19. The molecule has 1 saturated heterocycles. The van der Waals surface area contributed by atoms with Crippen molar-refractivity contribution in [1.29, 1.82) is 0 Å². The fraction of sp³-hybridized carbons (Fsp3) is 0.458. The van der Waals surface area contributed by atoms with Crippen LogP contribution in [0.3, 0.4) is 0 Å². The van der Waals surface area contributed by atoms with Crippen molar-refractivity contribution in [2.24, 2.45) is 10.9 Å². The molecule has 30 heavy (non-hydrogen) atoms. The number of rotatable bonds is 6. The number of thiophene rings is 1. The molecule has 0 saturated carbocycles. The molecule has 0 radical (unpaired) electrons. The Morgan fingerprint density at radius 2 is 1.93 bits per heavy atom. The molecule has 5 nitrogen and oxygen atoms in total. The van der Waals surface area contributed by atoms with Crippen molar-refractivity contribution in [3.05, 3.63) is 64.4 Å². The van der Waals surface area contributed by atoms with Gasteiger partial charge in [0.1, 0.15) is 0 Å². The number of nitrogens with zero attached hydrogens (tertiary/aromatic N) is 3. The molecular formula is C24H33N5S. The molecule has 1 aromatic heterocycles. The smallest absolute Gasteiger partial charge is 0.191 e. The molecule has 2 atom stereocenters. The summed E-state index contributed by atoms with van der Waals surface area (Å²) in [6.07, 6.45) is 6.95. The molecule has 3 heterocycles. The summed E-state index contributed by atoms with van der Waals surface area (Å²) < 4.78 is 0. The van der Waals surface area contributed by atoms with Crippen LogP contribution >= 0.6 is 11.3 Å². The van der Waals surface area contributed by atoms with Crippen molar-refractivity contribution in [1.82, 2.24) is 15.5 Å². The molecule has 4 rings (SSSR count). The lowest BCUT2D eigenvalue weighted by molar-refractivity contribution is 0.125. The van der Waals surface area contributed by atoms with Crippen LogP contribution in [0.4, 0.5) is 5.69 Å². The summed E-state index contributed by atoms with van der Waals surface area (Å²) >= 11 is 1.87. The third-order valence-electron chi connectivity index (χ3n) is 6.18. The van der Waals surface area contributed by atoms with Crippen molar-refractivity contribution in [3.8, 4) is 0 Å². The predicted molar refractivity (Wildman–Crippen MR) is 128 cm³/mol. The Morgan fingerprint density at radius 3 is 2.63 bits per heavy atom. The van der Waals surface area contributed by atoms with Crippen molar-refractivity contribution < 1.29 is 0 Å². The standard InChI is InChI=1S/C24H33N5S/c1-25-24(26-17-19-9-11-21(12-10-19)29-14-3-4-15-29)27-18-20-7-5-13-28(2)23(20)22-8-6-16-30-22/h3-4,6,8-12,16,20,23H,5,7,13-15,17-18H2,1-2H3,(H2,25,26,27). The Labute approximate surface area is 184 Å². The van der Waals surface area contributed by atoms with E-state index in [1.807, 2.05) is 18.4 Å². The summed E-state index contributed by atoms with van der Waals surface area (Å²) in [4.78, 5) is 10.8. The maximum atomic E-state index is 4.44. The van der Waals surface area contributed by atoms with E-state index in [2.05, 4.69) is 86.4 Å². The fourth-order valence-electron chi connectivity index (χ4n) is 4.53. The number of nitrogens with one attached hydrogen (secondary N) is 2. The number of hydrogen-bond acceptors (Lipinski definition) is 4. The number of piperidine rings is 1. The summed E-state index contributed by atoms with van der Waals surface area (Å²) in [6, 6.07) is 13.8. The number of hydrogen-bond donors (Lipinski definition) is 2. The molecular weight excluding hydrogens is 390 g/mol. The maximum Gasteiger partial charge on any atom is 0.191 e. The van der Waals surface area contributed by atoms with Gasteiger partial charge in [0.05, 0.1) is 0 Å². The minimum Gasteiger partial charge on any atom is -0.364 e. The van der Waals surface area contributed by atoms with E-state index in [1.54, 1.807) is 0 Å². The summed E-state index contributed by atoms with van der Waals surface area (Å²) in [5, 5.41) is 9.24. The van der Waals surface area contributed by atoms with Gasteiger partial charge in [0.15, 0.2) is 5.96 Å². The van der Waals surface area contributed by atoms with Gasteiger partial charge in [-0.2, -0.15) is 0 Å². The Morgan fingerprint density at radius 1 is 1.13 bits per heavy atom. The predicted octanol–water partition coefficient (Wildman–Crippen LogP) is 3.87. The van der Waals surface area contributed by atoms with Gasteiger partial charge in [0, 0.05) is 49.8 Å². The molecule has 0 bridgehead atoms. The summed E-state index contributed by atoms with van der Waals surface area (Å²) in [6.45, 7) is 4.91. The highest BCUT2D eigenvalue weighted by Crippen LogP contribution is 2.36. The zero-order valence-corrected chi connectivity index (χ0v) is 18.9. The normalized spacial score (nSPS) is 22.5. The minimum absolute atomic E-state index is 0.497. The molecule has 2 aliphatic rings. The summed E-state index contributed by atoms with van der Waals surface area (Å²) in [5.74, 6) is 1.47. The average Bonchev–Trinajstić information content (AvgIpc) is 3.49. The molecule has 1 fully saturated rings. The lowest BCUT2D eigenvalue weighted by atomic mass is 9.88. The number of aliphatic imine (C=N–C) groups is 1. The van der Waals surface area contributed by atoms with E-state index >= 15 is 0 Å². The van der Waals surface area contributed by atoms with Gasteiger partial charge in [-0.15, -0.1) is 11.3 Å². The molecule has 1 aromatic carbocycles. The van der Waals surface area contributed by atoms with Gasteiger partial charge in [-0.05, 0) is 61.5 Å². The average molecular weight is 424 g/mol. The quantitative estimate of drug-likeness (QED) is 0.421. The molecule has 0 spiro atoms. The van der Waals surface area contributed by atoms with Gasteiger partial charge in [-0.3, -0.25) is 9.89 Å². The number of guanidine groups is 1. The van der Waals surface area contributed by atoms with Gasteiger partial charge in [-0.1, -0.05) is 30.4 Å². The zero-order chi connectivity index (χ0) is 20.8. The Kier molecular flexibility index (Phi) is 7.07. The Balaban J connectivity index is 1.29. The number of benzene rings is 1. The van der Waals surface area contributed by atoms with Crippen molar-refractivity contribution in [2.45, 2.75) is 25.4 Å². The first-order valence-electron chi connectivity index (χ1n) is 10.9. The van der Waals surface area contributed by atoms with E-state index in [0.29, 0.717) is 12.0 Å². The van der Waals surface area contributed by atoms with E-state index < -0.39 is 0 Å². The highest BCUT2D eigenvalue weighted by Gasteiger charge is 2.31. The van der Waals surface area contributed by atoms with E-state index in [9.17, 15) is 0 Å². The van der Waals surface area contributed by atoms with Crippen LogP contribution < -0.4 is 15.5 Å². The molecule has 2 N–H and O–H groups in total. The first kappa shape index (κ1) is 20.9. The van der Waals surface area contributed by atoms with E-state index in [1.165, 1.54) is 35.5 Å². The van der Waals surface area contributed by atoms with Crippen molar-refractivity contribution in [3.63, 3.8) is 0 Å². The Bertz CT molecular complexity index is 835. The van der Waals surface area contributed by atoms with Crippen LogP contribution in [-0.4, -0.2) is 51.1 Å². The van der Waals surface area contributed by atoms with Crippen molar-refractivity contribution in [2.75, 3.05) is 45.2 Å². The largest absolute Gasteiger partial charge is 0.364 e. The molecule has 2 aliphatic heterocycles. The van der Waals surface area contributed by atoms with Crippen LogP contribution in [0.2, 0.25) is 0 Å². The fourth-order valence-corrected chi connectivity index (χ4v) is 5.51. The van der Waals surface area contributed by atoms with Crippen LogP contribution in [0.1, 0.15) is 29.3 Å². The number of anilines is 1. The van der Waals surface area contributed by atoms with Crippen LogP contribution in [-0.2, 0) is 6.54 Å². The molecule has 160 valence electrons.